The lowest BCUT2D eigenvalue weighted by molar-refractivity contribution is -0.133. The first-order chi connectivity index (χ1) is 10.4. The summed E-state index contributed by atoms with van der Waals surface area (Å²) in [4.78, 5) is 38.1. The molecule has 0 aliphatic carbocycles. The van der Waals surface area contributed by atoms with Crippen LogP contribution in [0.3, 0.4) is 0 Å². The van der Waals surface area contributed by atoms with E-state index in [1.807, 2.05) is 0 Å². The Morgan fingerprint density at radius 2 is 2.18 bits per heavy atom. The fourth-order valence-corrected chi connectivity index (χ4v) is 2.89. The monoisotopic (exact) mass is 321 g/mol. The Morgan fingerprint density at radius 3 is 2.82 bits per heavy atom. The van der Waals surface area contributed by atoms with Gasteiger partial charge in [-0.25, -0.2) is 9.69 Å². The van der Waals surface area contributed by atoms with E-state index in [0.717, 1.165) is 4.90 Å². The highest BCUT2D eigenvalue weighted by atomic mass is 35.5. The summed E-state index contributed by atoms with van der Waals surface area (Å²) in [5.41, 5.74) is 1.54. The average Bonchev–Trinajstić information content (AvgIpc) is 2.93. The molecule has 0 radical (unpaired) electrons. The van der Waals surface area contributed by atoms with Gasteiger partial charge in [-0.05, 0) is 25.1 Å². The number of hydrazone groups is 1. The van der Waals surface area contributed by atoms with E-state index in [1.165, 1.54) is 20.1 Å². The van der Waals surface area contributed by atoms with E-state index >= 15 is 0 Å². The SMILES string of the molecule is COC(=O)C1=NN[C@]2(C)C(=O)N(c3cccc(Cl)c3)C(=O)[C@@H]12. The first kappa shape index (κ1) is 14.5. The number of anilines is 1. The highest BCUT2D eigenvalue weighted by Crippen LogP contribution is 2.38. The molecule has 1 aromatic rings. The molecule has 3 rings (SSSR count). The van der Waals surface area contributed by atoms with Crippen LogP contribution >= 0.6 is 11.6 Å². The maximum atomic E-state index is 12.7. The van der Waals surface area contributed by atoms with E-state index in [0.29, 0.717) is 10.7 Å². The number of esters is 1. The van der Waals surface area contributed by atoms with Crippen LogP contribution in [0.15, 0.2) is 29.4 Å². The zero-order valence-electron chi connectivity index (χ0n) is 11.8. The quantitative estimate of drug-likeness (QED) is 0.640. The van der Waals surface area contributed by atoms with Crippen molar-refractivity contribution in [2.45, 2.75) is 12.5 Å². The Labute approximate surface area is 130 Å². The largest absolute Gasteiger partial charge is 0.464 e. The van der Waals surface area contributed by atoms with Gasteiger partial charge in [-0.2, -0.15) is 5.10 Å². The molecule has 0 unspecified atom stereocenters. The van der Waals surface area contributed by atoms with E-state index in [-0.39, 0.29) is 5.71 Å². The summed E-state index contributed by atoms with van der Waals surface area (Å²) in [6, 6.07) is 6.38. The molecule has 0 aromatic heterocycles. The third-order valence-corrected chi connectivity index (χ3v) is 4.07. The number of carbonyl (C=O) groups excluding carboxylic acids is 3. The van der Waals surface area contributed by atoms with Gasteiger partial charge >= 0.3 is 5.97 Å². The van der Waals surface area contributed by atoms with Gasteiger partial charge in [-0.15, -0.1) is 0 Å². The Kier molecular flexibility index (Phi) is 3.17. The van der Waals surface area contributed by atoms with Gasteiger partial charge in [0.2, 0.25) is 5.91 Å². The molecule has 114 valence electrons. The van der Waals surface area contributed by atoms with E-state index in [1.54, 1.807) is 18.2 Å². The molecule has 7 nitrogen and oxygen atoms in total. The molecule has 2 amide bonds. The van der Waals surface area contributed by atoms with Crippen LogP contribution in [0, 0.1) is 5.92 Å². The molecule has 0 spiro atoms. The molecule has 8 heteroatoms. The fourth-order valence-electron chi connectivity index (χ4n) is 2.70. The number of hydrogen-bond acceptors (Lipinski definition) is 6. The molecular formula is C14H12ClN3O4. The zero-order chi connectivity index (χ0) is 16.1. The molecule has 1 N–H and O–H groups in total. The third-order valence-electron chi connectivity index (χ3n) is 3.84. The summed E-state index contributed by atoms with van der Waals surface area (Å²) in [7, 11) is 1.19. The lowest BCUT2D eigenvalue weighted by atomic mass is 9.86. The first-order valence-corrected chi connectivity index (χ1v) is 6.85. The van der Waals surface area contributed by atoms with Crippen LogP contribution in [0.4, 0.5) is 5.69 Å². The lowest BCUT2D eigenvalue weighted by Gasteiger charge is -2.20. The van der Waals surface area contributed by atoms with E-state index in [2.05, 4.69) is 15.3 Å². The predicted octanol–water partition coefficient (Wildman–Crippen LogP) is 0.720. The second-order valence-electron chi connectivity index (χ2n) is 5.19. The van der Waals surface area contributed by atoms with Crippen LogP contribution in [0.5, 0.6) is 0 Å². The van der Waals surface area contributed by atoms with Gasteiger partial charge in [-0.3, -0.25) is 15.0 Å². The molecule has 2 heterocycles. The Morgan fingerprint density at radius 1 is 1.45 bits per heavy atom. The summed E-state index contributed by atoms with van der Waals surface area (Å²) in [6.07, 6.45) is 0. The molecule has 2 aliphatic rings. The maximum absolute atomic E-state index is 12.7. The summed E-state index contributed by atoms with van der Waals surface area (Å²) >= 11 is 5.91. The van der Waals surface area contributed by atoms with Crippen molar-refractivity contribution >= 4 is 40.8 Å². The summed E-state index contributed by atoms with van der Waals surface area (Å²) in [6.45, 7) is 1.53. The minimum atomic E-state index is -1.30. The summed E-state index contributed by atoms with van der Waals surface area (Å²) in [5.74, 6) is -2.79. The highest BCUT2D eigenvalue weighted by molar-refractivity contribution is 6.47. The fraction of sp³-hybridized carbons (Fsp3) is 0.286. The zero-order valence-corrected chi connectivity index (χ0v) is 12.5. The van der Waals surface area contributed by atoms with Crippen LogP contribution in [0.2, 0.25) is 5.02 Å². The van der Waals surface area contributed by atoms with Crippen LogP contribution in [0.1, 0.15) is 6.92 Å². The number of carbonyl (C=O) groups is 3. The predicted molar refractivity (Wildman–Crippen MR) is 78.4 cm³/mol. The minimum absolute atomic E-state index is 0.104. The number of rotatable bonds is 2. The summed E-state index contributed by atoms with van der Waals surface area (Å²) in [5, 5.41) is 4.21. The van der Waals surface area contributed by atoms with Gasteiger partial charge in [0.05, 0.1) is 12.8 Å². The highest BCUT2D eigenvalue weighted by Gasteiger charge is 2.63. The number of fused-ring (bicyclic) bond motifs is 1. The van der Waals surface area contributed by atoms with E-state index in [9.17, 15) is 14.4 Å². The number of halogens is 1. The van der Waals surface area contributed by atoms with Gasteiger partial charge in [0.1, 0.15) is 11.5 Å². The molecule has 2 aliphatic heterocycles. The first-order valence-electron chi connectivity index (χ1n) is 6.47. The lowest BCUT2D eigenvalue weighted by Crippen LogP contribution is -2.48. The average molecular weight is 322 g/mol. The topological polar surface area (TPSA) is 88.1 Å². The smallest absolute Gasteiger partial charge is 0.355 e. The van der Waals surface area contributed by atoms with Crippen molar-refractivity contribution in [1.82, 2.24) is 5.43 Å². The van der Waals surface area contributed by atoms with Crippen molar-refractivity contribution in [3.63, 3.8) is 0 Å². The van der Waals surface area contributed by atoms with Gasteiger partial charge < -0.3 is 4.74 Å². The standard InChI is InChI=1S/C14H12ClN3O4/c1-14-9(10(16-17-14)12(20)22-2)11(19)18(13(14)21)8-5-3-4-7(15)6-8/h3-6,9,17H,1-2H3/t9-,14+/m1/s1. The number of amides is 2. The minimum Gasteiger partial charge on any atom is -0.464 e. The molecule has 1 saturated heterocycles. The van der Waals surface area contributed by atoms with Gasteiger partial charge in [0, 0.05) is 5.02 Å². The van der Waals surface area contributed by atoms with Crippen molar-refractivity contribution < 1.29 is 19.1 Å². The Bertz CT molecular complexity index is 733. The van der Waals surface area contributed by atoms with Gasteiger partial charge in [-0.1, -0.05) is 17.7 Å². The van der Waals surface area contributed by atoms with Crippen molar-refractivity contribution in [1.29, 1.82) is 0 Å². The normalized spacial score (nSPS) is 26.6. The van der Waals surface area contributed by atoms with Gasteiger partial charge in [0.15, 0.2) is 5.71 Å². The second-order valence-corrected chi connectivity index (χ2v) is 5.63. The van der Waals surface area contributed by atoms with Crippen molar-refractivity contribution in [2.75, 3.05) is 12.0 Å². The van der Waals surface area contributed by atoms with Crippen LogP contribution in [-0.2, 0) is 19.1 Å². The van der Waals surface area contributed by atoms with Crippen LogP contribution in [-0.4, -0.2) is 36.1 Å². The molecule has 1 fully saturated rings. The van der Waals surface area contributed by atoms with Crippen molar-refractivity contribution in [3.05, 3.63) is 29.3 Å². The maximum Gasteiger partial charge on any atom is 0.355 e. The molecule has 2 atom stereocenters. The number of nitrogens with one attached hydrogen (secondary N) is 1. The number of hydrogen-bond donors (Lipinski definition) is 1. The van der Waals surface area contributed by atoms with Crippen LogP contribution in [0.25, 0.3) is 0 Å². The third kappa shape index (κ3) is 1.82. The van der Waals surface area contributed by atoms with E-state index in [4.69, 9.17) is 11.6 Å². The molecule has 22 heavy (non-hydrogen) atoms. The number of nitrogens with zero attached hydrogens (tertiary/aromatic N) is 2. The summed E-state index contributed by atoms with van der Waals surface area (Å²) < 4.78 is 4.62. The Hall–Kier alpha value is -2.41. The number of imide groups is 1. The van der Waals surface area contributed by atoms with Crippen molar-refractivity contribution in [2.24, 2.45) is 11.0 Å². The van der Waals surface area contributed by atoms with Gasteiger partial charge in [0.25, 0.3) is 5.91 Å². The second kappa shape index (κ2) is 4.81. The molecule has 0 saturated carbocycles. The van der Waals surface area contributed by atoms with Crippen LogP contribution < -0.4 is 10.3 Å². The number of benzene rings is 1. The molecular weight excluding hydrogens is 310 g/mol. The number of ether oxygens (including phenoxy) is 1. The van der Waals surface area contributed by atoms with Crippen molar-refractivity contribution in [3.8, 4) is 0 Å². The number of methoxy groups -OCH3 is 1. The van der Waals surface area contributed by atoms with E-state index < -0.39 is 29.2 Å². The Balaban J connectivity index is 2.05. The molecule has 0 bridgehead atoms. The molecule has 1 aromatic carbocycles.